The molecule has 2 aliphatic heterocycles. The van der Waals surface area contributed by atoms with Crippen molar-refractivity contribution in [3.8, 4) is 0 Å². The number of aromatic nitrogens is 1. The summed E-state index contributed by atoms with van der Waals surface area (Å²) in [5.41, 5.74) is 2.33. The number of amides is 1. The Morgan fingerprint density at radius 3 is 2.42 bits per heavy atom. The van der Waals surface area contributed by atoms with Crippen LogP contribution in [0.4, 0.5) is 5.82 Å². The van der Waals surface area contributed by atoms with Crippen LogP contribution in [0.5, 0.6) is 0 Å². The second-order valence-corrected chi connectivity index (χ2v) is 6.54. The van der Waals surface area contributed by atoms with Gasteiger partial charge in [-0.15, -0.1) is 0 Å². The van der Waals surface area contributed by atoms with Crippen LogP contribution in [-0.4, -0.2) is 33.0 Å². The summed E-state index contributed by atoms with van der Waals surface area (Å²) in [7, 11) is 0. The maximum absolute atomic E-state index is 12.6. The molecule has 0 radical (unpaired) electrons. The minimum atomic E-state index is -0.957. The van der Waals surface area contributed by atoms with Crippen LogP contribution in [0.25, 0.3) is 0 Å². The Bertz CT molecular complexity index is 893. The molecule has 0 saturated heterocycles. The van der Waals surface area contributed by atoms with E-state index in [1.54, 1.807) is 20.0 Å². The highest BCUT2D eigenvalue weighted by molar-refractivity contribution is 6.09. The fourth-order valence-electron chi connectivity index (χ4n) is 3.38. The fraction of sp³-hybridized carbons (Fsp3) is 0.250. The van der Waals surface area contributed by atoms with Gasteiger partial charge in [-0.2, -0.15) is 5.10 Å². The molecule has 6 nitrogen and oxygen atoms in total. The molecule has 0 saturated carbocycles. The molecular weight excluding hydrogens is 328 g/mol. The molecule has 132 valence electrons. The van der Waals surface area contributed by atoms with Crippen LogP contribution >= 0.6 is 0 Å². The number of anilines is 1. The largest absolute Gasteiger partial charge is 0.369 e. The first kappa shape index (κ1) is 16.5. The van der Waals surface area contributed by atoms with E-state index in [4.69, 9.17) is 0 Å². The fourth-order valence-corrected chi connectivity index (χ4v) is 3.38. The summed E-state index contributed by atoms with van der Waals surface area (Å²) < 4.78 is 0. The minimum Gasteiger partial charge on any atom is -0.369 e. The van der Waals surface area contributed by atoms with Gasteiger partial charge in [0.15, 0.2) is 6.23 Å². The Hall–Kier alpha value is -2.99. The van der Waals surface area contributed by atoms with Crippen molar-refractivity contribution >= 4 is 17.6 Å². The number of rotatable bonds is 2. The average Bonchev–Trinajstić information content (AvgIpc) is 3.19. The van der Waals surface area contributed by atoms with Crippen molar-refractivity contribution in [2.75, 3.05) is 5.01 Å². The highest BCUT2D eigenvalue weighted by Crippen LogP contribution is 2.37. The first-order valence-corrected chi connectivity index (χ1v) is 8.59. The minimum absolute atomic E-state index is 0.0812. The second-order valence-electron chi connectivity index (χ2n) is 6.54. The standard InChI is InChI=1S/C20H20N4O2/c1-13-14(2)20(26)23(19(13)25)18-12-16(15-8-4-3-5-9-15)24(22-18)17-10-6-7-11-21-17/h3-11,16,19,25H,12H2,1-2H3. The third-order valence-electron chi connectivity index (χ3n) is 5.00. The molecule has 26 heavy (non-hydrogen) atoms. The molecule has 0 bridgehead atoms. The zero-order valence-electron chi connectivity index (χ0n) is 14.7. The van der Waals surface area contributed by atoms with E-state index in [-0.39, 0.29) is 11.9 Å². The van der Waals surface area contributed by atoms with Crippen LogP contribution in [0.3, 0.4) is 0 Å². The monoisotopic (exact) mass is 348 g/mol. The summed E-state index contributed by atoms with van der Waals surface area (Å²) in [6.07, 6.45) is 1.28. The lowest BCUT2D eigenvalue weighted by Gasteiger charge is -2.22. The van der Waals surface area contributed by atoms with E-state index in [2.05, 4.69) is 10.1 Å². The quantitative estimate of drug-likeness (QED) is 0.906. The molecular formula is C20H20N4O2. The van der Waals surface area contributed by atoms with Crippen molar-refractivity contribution in [1.82, 2.24) is 9.88 Å². The number of nitrogens with zero attached hydrogens (tertiary/aromatic N) is 4. The van der Waals surface area contributed by atoms with E-state index < -0.39 is 6.23 Å². The van der Waals surface area contributed by atoms with Gasteiger partial charge in [-0.3, -0.25) is 9.69 Å². The number of hydrogen-bond donors (Lipinski definition) is 1. The van der Waals surface area contributed by atoms with Gasteiger partial charge in [0.05, 0.1) is 6.04 Å². The molecule has 0 fully saturated rings. The lowest BCUT2D eigenvalue weighted by molar-refractivity contribution is -0.126. The van der Waals surface area contributed by atoms with Crippen LogP contribution in [0.1, 0.15) is 31.9 Å². The van der Waals surface area contributed by atoms with Gasteiger partial charge in [0.2, 0.25) is 0 Å². The molecule has 2 unspecified atom stereocenters. The molecule has 0 spiro atoms. The SMILES string of the molecule is CC1=C(C)C(O)N(C2=NN(c3ccccn3)C(c3ccccc3)C2)C1=O. The molecule has 1 amide bonds. The highest BCUT2D eigenvalue weighted by Gasteiger charge is 2.41. The number of hydrogen-bond acceptors (Lipinski definition) is 5. The van der Waals surface area contributed by atoms with Crippen molar-refractivity contribution in [2.24, 2.45) is 5.10 Å². The third kappa shape index (κ3) is 2.59. The van der Waals surface area contributed by atoms with Crippen molar-refractivity contribution < 1.29 is 9.90 Å². The van der Waals surface area contributed by atoms with E-state index in [0.29, 0.717) is 29.2 Å². The first-order chi connectivity index (χ1) is 12.6. The van der Waals surface area contributed by atoms with Crippen LogP contribution in [0, 0.1) is 0 Å². The van der Waals surface area contributed by atoms with Gasteiger partial charge in [-0.1, -0.05) is 36.4 Å². The van der Waals surface area contributed by atoms with Gasteiger partial charge in [0, 0.05) is 18.2 Å². The molecule has 0 aliphatic carbocycles. The molecule has 2 aliphatic rings. The van der Waals surface area contributed by atoms with Gasteiger partial charge in [-0.05, 0) is 37.1 Å². The predicted molar refractivity (Wildman–Crippen MR) is 99.2 cm³/mol. The van der Waals surface area contributed by atoms with Gasteiger partial charge in [0.1, 0.15) is 11.7 Å². The van der Waals surface area contributed by atoms with Gasteiger partial charge in [-0.25, -0.2) is 9.99 Å². The summed E-state index contributed by atoms with van der Waals surface area (Å²) in [6, 6.07) is 15.6. The lowest BCUT2D eigenvalue weighted by Crippen LogP contribution is -2.40. The maximum atomic E-state index is 12.6. The van der Waals surface area contributed by atoms with E-state index in [9.17, 15) is 9.90 Å². The highest BCUT2D eigenvalue weighted by atomic mass is 16.3. The Labute approximate surface area is 152 Å². The van der Waals surface area contributed by atoms with Crippen LogP contribution in [0.2, 0.25) is 0 Å². The molecule has 6 heteroatoms. The molecule has 1 N–H and O–H groups in total. The van der Waals surface area contributed by atoms with Crippen molar-refractivity contribution in [3.05, 3.63) is 71.4 Å². The summed E-state index contributed by atoms with van der Waals surface area (Å²) in [6.45, 7) is 3.51. The number of carbonyl (C=O) groups excluding carboxylic acids is 1. The van der Waals surface area contributed by atoms with Crippen molar-refractivity contribution in [2.45, 2.75) is 32.5 Å². The smallest absolute Gasteiger partial charge is 0.257 e. The number of aliphatic hydroxyl groups excluding tert-OH is 1. The van der Waals surface area contributed by atoms with Crippen LogP contribution in [-0.2, 0) is 4.79 Å². The number of carbonyl (C=O) groups is 1. The number of amidine groups is 1. The Morgan fingerprint density at radius 2 is 1.81 bits per heavy atom. The van der Waals surface area contributed by atoms with Crippen molar-refractivity contribution in [1.29, 1.82) is 0 Å². The predicted octanol–water partition coefficient (Wildman–Crippen LogP) is 2.84. The number of benzene rings is 1. The normalized spacial score (nSPS) is 23.0. The third-order valence-corrected chi connectivity index (χ3v) is 5.00. The summed E-state index contributed by atoms with van der Waals surface area (Å²) in [5, 5.41) is 17.0. The average molecular weight is 348 g/mol. The van der Waals surface area contributed by atoms with E-state index >= 15 is 0 Å². The van der Waals surface area contributed by atoms with Gasteiger partial charge < -0.3 is 5.11 Å². The van der Waals surface area contributed by atoms with E-state index in [1.165, 1.54) is 4.90 Å². The van der Waals surface area contributed by atoms with Gasteiger partial charge in [0.25, 0.3) is 5.91 Å². The molecule has 1 aromatic heterocycles. The zero-order chi connectivity index (χ0) is 18.3. The molecule has 1 aromatic carbocycles. The summed E-state index contributed by atoms with van der Waals surface area (Å²) in [4.78, 5) is 18.4. The van der Waals surface area contributed by atoms with Crippen LogP contribution in [0.15, 0.2) is 71.0 Å². The number of pyridine rings is 1. The summed E-state index contributed by atoms with van der Waals surface area (Å²) in [5.74, 6) is 1.07. The van der Waals surface area contributed by atoms with Crippen LogP contribution < -0.4 is 5.01 Å². The van der Waals surface area contributed by atoms with Crippen molar-refractivity contribution in [3.63, 3.8) is 0 Å². The Kier molecular flexibility index (Phi) is 4.05. The molecule has 2 aromatic rings. The Morgan fingerprint density at radius 1 is 1.08 bits per heavy atom. The lowest BCUT2D eigenvalue weighted by atomic mass is 10.0. The molecule has 3 heterocycles. The summed E-state index contributed by atoms with van der Waals surface area (Å²) >= 11 is 0. The molecule has 2 atom stereocenters. The number of hydrazone groups is 1. The number of aliphatic hydroxyl groups is 1. The Balaban J connectivity index is 1.73. The second kappa shape index (κ2) is 6.38. The van der Waals surface area contributed by atoms with E-state index in [0.717, 1.165) is 5.56 Å². The molecule has 4 rings (SSSR count). The van der Waals surface area contributed by atoms with E-state index in [1.807, 2.05) is 53.5 Å². The topological polar surface area (TPSA) is 69.0 Å². The first-order valence-electron chi connectivity index (χ1n) is 8.59. The zero-order valence-corrected chi connectivity index (χ0v) is 14.7. The maximum Gasteiger partial charge on any atom is 0.257 e. The van der Waals surface area contributed by atoms with Gasteiger partial charge >= 0.3 is 0 Å².